The first-order valence-corrected chi connectivity index (χ1v) is 6.63. The van der Waals surface area contributed by atoms with E-state index in [1.807, 2.05) is 7.05 Å². The van der Waals surface area contributed by atoms with Crippen LogP contribution in [0, 0.1) is 5.82 Å². The van der Waals surface area contributed by atoms with Crippen molar-refractivity contribution in [2.24, 2.45) is 0 Å². The largest absolute Gasteiger partial charge is 0.484 e. The molecule has 0 spiro atoms. The molecule has 0 saturated heterocycles. The van der Waals surface area contributed by atoms with Crippen LogP contribution in [0.15, 0.2) is 27.2 Å². The SMILES string of the molecule is CNCc1cc(COc2cc(F)c(Cl)cc2Br)on1. The molecule has 2 rings (SSSR count). The highest BCUT2D eigenvalue weighted by Gasteiger charge is 2.10. The molecular weight excluding hydrogens is 338 g/mol. The van der Waals surface area contributed by atoms with Crippen LogP contribution in [0.3, 0.4) is 0 Å². The Morgan fingerprint density at radius 1 is 1.47 bits per heavy atom. The number of nitrogens with one attached hydrogen (secondary N) is 1. The summed E-state index contributed by atoms with van der Waals surface area (Å²) in [5.41, 5.74) is 0.780. The quantitative estimate of drug-likeness (QED) is 0.839. The molecule has 0 unspecified atom stereocenters. The lowest BCUT2D eigenvalue weighted by atomic mass is 10.3. The predicted molar refractivity (Wildman–Crippen MR) is 72.7 cm³/mol. The summed E-state index contributed by atoms with van der Waals surface area (Å²) in [4.78, 5) is 0. The topological polar surface area (TPSA) is 47.3 Å². The Bertz CT molecular complexity index is 577. The Balaban J connectivity index is 2.03. The van der Waals surface area contributed by atoms with Gasteiger partial charge in [0, 0.05) is 18.7 Å². The first-order valence-electron chi connectivity index (χ1n) is 5.46. The molecule has 7 heteroatoms. The van der Waals surface area contributed by atoms with Crippen LogP contribution in [-0.4, -0.2) is 12.2 Å². The molecule has 0 atom stereocenters. The molecule has 1 heterocycles. The van der Waals surface area contributed by atoms with Crippen LogP contribution in [-0.2, 0) is 13.2 Å². The summed E-state index contributed by atoms with van der Waals surface area (Å²) < 4.78 is 24.4. The minimum atomic E-state index is -0.534. The van der Waals surface area contributed by atoms with Crippen LogP contribution >= 0.6 is 27.5 Å². The van der Waals surface area contributed by atoms with Crippen molar-refractivity contribution in [3.8, 4) is 5.75 Å². The van der Waals surface area contributed by atoms with E-state index in [2.05, 4.69) is 26.4 Å². The molecular formula is C12H11BrClFN2O2. The Morgan fingerprint density at radius 2 is 2.26 bits per heavy atom. The highest BCUT2D eigenvalue weighted by Crippen LogP contribution is 2.31. The van der Waals surface area contributed by atoms with Gasteiger partial charge in [-0.25, -0.2) is 4.39 Å². The zero-order valence-electron chi connectivity index (χ0n) is 10.0. The molecule has 0 bridgehead atoms. The lowest BCUT2D eigenvalue weighted by molar-refractivity contribution is 0.246. The lowest BCUT2D eigenvalue weighted by Gasteiger charge is -2.07. The van der Waals surface area contributed by atoms with Gasteiger partial charge >= 0.3 is 0 Å². The number of halogens is 3. The third-order valence-electron chi connectivity index (χ3n) is 2.31. The van der Waals surface area contributed by atoms with Crippen molar-refractivity contribution in [1.29, 1.82) is 0 Å². The van der Waals surface area contributed by atoms with E-state index in [1.165, 1.54) is 12.1 Å². The molecule has 0 saturated carbocycles. The summed E-state index contributed by atoms with van der Waals surface area (Å²) >= 11 is 8.90. The van der Waals surface area contributed by atoms with Crippen molar-refractivity contribution in [3.63, 3.8) is 0 Å². The molecule has 4 nitrogen and oxygen atoms in total. The third kappa shape index (κ3) is 3.68. The van der Waals surface area contributed by atoms with Crippen LogP contribution < -0.4 is 10.1 Å². The van der Waals surface area contributed by atoms with Gasteiger partial charge in [-0.05, 0) is 29.0 Å². The van der Waals surface area contributed by atoms with Gasteiger partial charge in [0.2, 0.25) is 0 Å². The molecule has 0 aliphatic heterocycles. The second-order valence-electron chi connectivity index (χ2n) is 3.80. The minimum Gasteiger partial charge on any atom is -0.484 e. The van der Waals surface area contributed by atoms with Gasteiger partial charge in [-0.2, -0.15) is 0 Å². The molecule has 2 aromatic rings. The summed E-state index contributed by atoms with van der Waals surface area (Å²) in [6, 6.07) is 4.44. The molecule has 0 fully saturated rings. The lowest BCUT2D eigenvalue weighted by Crippen LogP contribution is -2.04. The smallest absolute Gasteiger partial charge is 0.174 e. The molecule has 0 aliphatic rings. The van der Waals surface area contributed by atoms with Crippen LogP contribution in [0.2, 0.25) is 5.02 Å². The molecule has 1 aromatic heterocycles. The molecule has 1 aromatic carbocycles. The van der Waals surface area contributed by atoms with Gasteiger partial charge in [0.15, 0.2) is 5.76 Å². The van der Waals surface area contributed by atoms with Gasteiger partial charge in [0.25, 0.3) is 0 Å². The van der Waals surface area contributed by atoms with Crippen molar-refractivity contribution in [2.75, 3.05) is 7.05 Å². The zero-order valence-corrected chi connectivity index (χ0v) is 12.4. The van der Waals surface area contributed by atoms with E-state index >= 15 is 0 Å². The standard InChI is InChI=1S/C12H11BrClFN2O2/c1-16-5-7-2-8(19-17-7)6-18-12-4-11(15)10(14)3-9(12)13/h2-4,16H,5-6H2,1H3. The number of hydrogen-bond acceptors (Lipinski definition) is 4. The van der Waals surface area contributed by atoms with Gasteiger partial charge in [-0.1, -0.05) is 16.8 Å². The highest BCUT2D eigenvalue weighted by molar-refractivity contribution is 9.10. The second-order valence-corrected chi connectivity index (χ2v) is 5.06. The number of hydrogen-bond donors (Lipinski definition) is 1. The first kappa shape index (κ1) is 14.3. The van der Waals surface area contributed by atoms with E-state index in [0.29, 0.717) is 22.5 Å². The Morgan fingerprint density at radius 3 is 3.00 bits per heavy atom. The normalized spacial score (nSPS) is 10.7. The maximum Gasteiger partial charge on any atom is 0.174 e. The number of benzene rings is 1. The van der Waals surface area contributed by atoms with E-state index in [1.54, 1.807) is 6.07 Å². The first-order chi connectivity index (χ1) is 9.10. The molecule has 102 valence electrons. The number of nitrogens with zero attached hydrogens (tertiary/aromatic N) is 1. The van der Waals surface area contributed by atoms with E-state index in [0.717, 1.165) is 5.69 Å². The van der Waals surface area contributed by atoms with Gasteiger partial charge in [0.1, 0.15) is 18.2 Å². The fourth-order valence-electron chi connectivity index (χ4n) is 1.45. The van der Waals surface area contributed by atoms with Crippen molar-refractivity contribution in [3.05, 3.63) is 45.0 Å². The van der Waals surface area contributed by atoms with Crippen LogP contribution in [0.5, 0.6) is 5.75 Å². The van der Waals surface area contributed by atoms with Crippen molar-refractivity contribution >= 4 is 27.5 Å². The minimum absolute atomic E-state index is 0.0372. The summed E-state index contributed by atoms with van der Waals surface area (Å²) in [5, 5.41) is 6.84. The Labute approximate surface area is 123 Å². The summed E-state index contributed by atoms with van der Waals surface area (Å²) in [7, 11) is 1.82. The van der Waals surface area contributed by atoms with E-state index in [-0.39, 0.29) is 11.6 Å². The molecule has 0 amide bonds. The van der Waals surface area contributed by atoms with Gasteiger partial charge in [-0.3, -0.25) is 0 Å². The monoisotopic (exact) mass is 348 g/mol. The van der Waals surface area contributed by atoms with E-state index in [9.17, 15) is 4.39 Å². The molecule has 19 heavy (non-hydrogen) atoms. The van der Waals surface area contributed by atoms with E-state index in [4.69, 9.17) is 20.9 Å². The molecule has 1 N–H and O–H groups in total. The average molecular weight is 350 g/mol. The maximum absolute atomic E-state index is 13.3. The Hall–Kier alpha value is -1.11. The predicted octanol–water partition coefficient (Wildman–Crippen LogP) is 3.53. The summed E-state index contributed by atoms with van der Waals surface area (Å²) in [5.74, 6) is 0.384. The number of rotatable bonds is 5. The average Bonchev–Trinajstić information content (AvgIpc) is 2.80. The molecule has 0 aliphatic carbocycles. The number of aromatic nitrogens is 1. The zero-order chi connectivity index (χ0) is 13.8. The third-order valence-corrected chi connectivity index (χ3v) is 3.22. The summed E-state index contributed by atoms with van der Waals surface area (Å²) in [6.07, 6.45) is 0. The second kappa shape index (κ2) is 6.36. The fraction of sp³-hybridized carbons (Fsp3) is 0.250. The van der Waals surface area contributed by atoms with Crippen molar-refractivity contribution in [2.45, 2.75) is 13.2 Å². The fourth-order valence-corrected chi connectivity index (χ4v) is 2.21. The maximum atomic E-state index is 13.3. The van der Waals surface area contributed by atoms with Crippen molar-refractivity contribution in [1.82, 2.24) is 10.5 Å². The van der Waals surface area contributed by atoms with Crippen LogP contribution in [0.1, 0.15) is 11.5 Å². The van der Waals surface area contributed by atoms with Crippen LogP contribution in [0.25, 0.3) is 0 Å². The molecule has 0 radical (unpaired) electrons. The van der Waals surface area contributed by atoms with Gasteiger partial charge in [-0.15, -0.1) is 0 Å². The van der Waals surface area contributed by atoms with E-state index < -0.39 is 5.82 Å². The number of ether oxygens (including phenoxy) is 1. The Kier molecular flexibility index (Phi) is 4.79. The van der Waals surface area contributed by atoms with Gasteiger partial charge < -0.3 is 14.6 Å². The highest BCUT2D eigenvalue weighted by atomic mass is 79.9. The van der Waals surface area contributed by atoms with Gasteiger partial charge in [0.05, 0.1) is 15.2 Å². The summed E-state index contributed by atoms with van der Waals surface area (Å²) in [6.45, 7) is 0.777. The van der Waals surface area contributed by atoms with Crippen molar-refractivity contribution < 1.29 is 13.7 Å². The van der Waals surface area contributed by atoms with Crippen LogP contribution in [0.4, 0.5) is 4.39 Å².